The number of ether oxygens (including phenoxy) is 1. The van der Waals surface area contributed by atoms with Crippen LogP contribution in [0.3, 0.4) is 0 Å². The zero-order valence-corrected chi connectivity index (χ0v) is 11.7. The van der Waals surface area contributed by atoms with Crippen LogP contribution in [-0.4, -0.2) is 23.5 Å². The number of unbranched alkanes of at least 4 members (excludes halogenated alkanes) is 7. The van der Waals surface area contributed by atoms with Crippen LogP contribution in [0.25, 0.3) is 0 Å². The van der Waals surface area contributed by atoms with E-state index in [1.165, 1.54) is 32.1 Å². The molecular weight excluding hydrogens is 244 g/mol. The Morgan fingerprint density at radius 1 is 1.05 bits per heavy atom. The molecule has 0 aromatic carbocycles. The van der Waals surface area contributed by atoms with E-state index in [9.17, 15) is 14.7 Å². The fourth-order valence-corrected chi connectivity index (χ4v) is 2.22. The van der Waals surface area contributed by atoms with Crippen molar-refractivity contribution in [2.45, 2.75) is 64.7 Å². The second-order valence-corrected chi connectivity index (χ2v) is 5.05. The first-order valence-corrected chi connectivity index (χ1v) is 7.29. The highest BCUT2D eigenvalue weighted by Crippen LogP contribution is 2.18. The number of rotatable bonds is 9. The van der Waals surface area contributed by atoms with Gasteiger partial charge in [0.1, 0.15) is 11.3 Å². The summed E-state index contributed by atoms with van der Waals surface area (Å²) >= 11 is 0. The van der Waals surface area contributed by atoms with Gasteiger partial charge >= 0.3 is 5.97 Å². The second kappa shape index (κ2) is 8.73. The van der Waals surface area contributed by atoms with Crippen LogP contribution in [0.4, 0.5) is 0 Å². The molecule has 19 heavy (non-hydrogen) atoms. The molecular formula is C15H24O4. The predicted octanol–water partition coefficient (Wildman–Crippen LogP) is 3.46. The molecule has 0 saturated carbocycles. The Morgan fingerprint density at radius 2 is 1.63 bits per heavy atom. The van der Waals surface area contributed by atoms with E-state index in [4.69, 9.17) is 0 Å². The molecule has 4 nitrogen and oxygen atoms in total. The molecule has 0 aromatic rings. The highest BCUT2D eigenvalue weighted by Gasteiger charge is 2.31. The minimum absolute atomic E-state index is 0.0986. The van der Waals surface area contributed by atoms with Gasteiger partial charge < -0.3 is 9.84 Å². The van der Waals surface area contributed by atoms with E-state index in [1.54, 1.807) is 0 Å². The highest BCUT2D eigenvalue weighted by atomic mass is 16.5. The van der Waals surface area contributed by atoms with Gasteiger partial charge in [-0.3, -0.25) is 4.79 Å². The van der Waals surface area contributed by atoms with Gasteiger partial charge in [0.05, 0.1) is 0 Å². The van der Waals surface area contributed by atoms with Crippen molar-refractivity contribution in [3.05, 3.63) is 11.3 Å². The van der Waals surface area contributed by atoms with Gasteiger partial charge in [-0.25, -0.2) is 4.79 Å². The molecule has 1 heterocycles. The Labute approximate surface area is 114 Å². The number of cyclic esters (lactones) is 1. The number of Topliss-reactive ketones (excluding diaryl/α,β-unsaturated/α-hetero) is 1. The number of hydrogen-bond acceptors (Lipinski definition) is 4. The van der Waals surface area contributed by atoms with E-state index < -0.39 is 11.8 Å². The van der Waals surface area contributed by atoms with Crippen LogP contribution in [0.2, 0.25) is 0 Å². The minimum atomic E-state index is -0.679. The van der Waals surface area contributed by atoms with Crippen LogP contribution in [0, 0.1) is 0 Å². The number of esters is 1. The Kier molecular flexibility index (Phi) is 7.23. The first-order chi connectivity index (χ1) is 9.16. The molecule has 0 amide bonds. The molecule has 1 N–H and O–H groups in total. The predicted molar refractivity (Wildman–Crippen MR) is 72.8 cm³/mol. The Morgan fingerprint density at radius 3 is 2.16 bits per heavy atom. The fraction of sp³-hybridized carbons (Fsp3) is 0.733. The lowest BCUT2D eigenvalue weighted by Gasteiger charge is -2.03. The summed E-state index contributed by atoms with van der Waals surface area (Å²) in [5.74, 6) is -1.18. The van der Waals surface area contributed by atoms with Crippen molar-refractivity contribution in [2.75, 3.05) is 6.61 Å². The van der Waals surface area contributed by atoms with Crippen molar-refractivity contribution in [2.24, 2.45) is 0 Å². The Bertz CT molecular complexity index is 326. The number of carbonyl (C=O) groups excluding carboxylic acids is 2. The number of aliphatic hydroxyl groups is 1. The van der Waals surface area contributed by atoms with Crippen LogP contribution in [-0.2, 0) is 14.3 Å². The first kappa shape index (κ1) is 15.7. The van der Waals surface area contributed by atoms with Gasteiger partial charge in [0.25, 0.3) is 0 Å². The van der Waals surface area contributed by atoms with Crippen LogP contribution >= 0.6 is 0 Å². The van der Waals surface area contributed by atoms with Crippen LogP contribution in [0.1, 0.15) is 64.7 Å². The summed E-state index contributed by atoms with van der Waals surface area (Å²) in [4.78, 5) is 22.5. The summed E-state index contributed by atoms with van der Waals surface area (Å²) in [6.45, 7) is 1.97. The average molecular weight is 268 g/mol. The van der Waals surface area contributed by atoms with Crippen LogP contribution < -0.4 is 0 Å². The molecule has 1 aliphatic heterocycles. The molecule has 108 valence electrons. The number of aliphatic hydroxyl groups excluding tert-OH is 1. The third-order valence-corrected chi connectivity index (χ3v) is 3.37. The van der Waals surface area contributed by atoms with Crippen molar-refractivity contribution in [3.63, 3.8) is 0 Å². The quantitative estimate of drug-likeness (QED) is 0.229. The van der Waals surface area contributed by atoms with Crippen molar-refractivity contribution in [1.82, 2.24) is 0 Å². The highest BCUT2D eigenvalue weighted by molar-refractivity contribution is 6.22. The monoisotopic (exact) mass is 268 g/mol. The Hall–Kier alpha value is -1.32. The molecule has 0 aliphatic carbocycles. The zero-order valence-electron chi connectivity index (χ0n) is 11.7. The second-order valence-electron chi connectivity index (χ2n) is 5.05. The number of hydrogen-bond donors (Lipinski definition) is 1. The summed E-state index contributed by atoms with van der Waals surface area (Å²) < 4.78 is 4.57. The minimum Gasteiger partial charge on any atom is -0.511 e. The van der Waals surface area contributed by atoms with Gasteiger partial charge in [-0.1, -0.05) is 51.9 Å². The lowest BCUT2D eigenvalue weighted by molar-refractivity contribution is -0.135. The SMILES string of the molecule is CCCCCCCCCCC(O)=C1C(=O)COC1=O. The van der Waals surface area contributed by atoms with Gasteiger partial charge in [-0.2, -0.15) is 0 Å². The third-order valence-electron chi connectivity index (χ3n) is 3.37. The summed E-state index contributed by atoms with van der Waals surface area (Å²) in [6, 6.07) is 0. The van der Waals surface area contributed by atoms with Gasteiger partial charge in [0.2, 0.25) is 5.78 Å². The van der Waals surface area contributed by atoms with E-state index in [0.717, 1.165) is 19.3 Å². The van der Waals surface area contributed by atoms with E-state index in [1.807, 2.05) is 0 Å². The van der Waals surface area contributed by atoms with Crippen molar-refractivity contribution in [1.29, 1.82) is 0 Å². The third kappa shape index (κ3) is 5.45. The summed E-state index contributed by atoms with van der Waals surface area (Å²) in [5.41, 5.74) is -0.136. The summed E-state index contributed by atoms with van der Waals surface area (Å²) in [5, 5.41) is 9.72. The largest absolute Gasteiger partial charge is 0.511 e. The van der Waals surface area contributed by atoms with Crippen LogP contribution in [0.5, 0.6) is 0 Å². The van der Waals surface area contributed by atoms with Crippen molar-refractivity contribution >= 4 is 11.8 Å². The van der Waals surface area contributed by atoms with E-state index in [0.29, 0.717) is 6.42 Å². The van der Waals surface area contributed by atoms with E-state index >= 15 is 0 Å². The van der Waals surface area contributed by atoms with Gasteiger partial charge in [-0.05, 0) is 6.42 Å². The normalized spacial score (nSPS) is 17.7. The lowest BCUT2D eigenvalue weighted by atomic mass is 10.0. The van der Waals surface area contributed by atoms with Gasteiger partial charge in [-0.15, -0.1) is 0 Å². The molecule has 0 spiro atoms. The molecule has 0 unspecified atom stereocenters. The number of carbonyl (C=O) groups is 2. The van der Waals surface area contributed by atoms with E-state index in [-0.39, 0.29) is 17.9 Å². The molecule has 1 fully saturated rings. The van der Waals surface area contributed by atoms with E-state index in [2.05, 4.69) is 11.7 Å². The molecule has 0 radical (unpaired) electrons. The number of ketones is 1. The Balaban J connectivity index is 2.14. The maximum absolute atomic E-state index is 11.3. The van der Waals surface area contributed by atoms with Crippen molar-refractivity contribution < 1.29 is 19.4 Å². The topological polar surface area (TPSA) is 63.6 Å². The zero-order chi connectivity index (χ0) is 14.1. The molecule has 1 aliphatic rings. The first-order valence-electron chi connectivity index (χ1n) is 7.29. The standard InChI is InChI=1S/C15H24O4/c1-2-3-4-5-6-7-8-9-10-12(16)14-13(17)11-19-15(14)18/h16H,2-11H2,1H3. The smallest absolute Gasteiger partial charge is 0.345 e. The fourth-order valence-electron chi connectivity index (χ4n) is 2.22. The van der Waals surface area contributed by atoms with Crippen LogP contribution in [0.15, 0.2) is 11.3 Å². The molecule has 0 atom stereocenters. The van der Waals surface area contributed by atoms with Gasteiger partial charge in [0, 0.05) is 6.42 Å². The van der Waals surface area contributed by atoms with Crippen molar-refractivity contribution in [3.8, 4) is 0 Å². The maximum atomic E-state index is 11.3. The van der Waals surface area contributed by atoms with Gasteiger partial charge in [0.15, 0.2) is 6.61 Å². The molecule has 0 bridgehead atoms. The summed E-state index contributed by atoms with van der Waals surface area (Å²) in [6.07, 6.45) is 9.71. The summed E-state index contributed by atoms with van der Waals surface area (Å²) in [7, 11) is 0. The molecule has 4 heteroatoms. The molecule has 1 rings (SSSR count). The molecule has 1 saturated heterocycles. The average Bonchev–Trinajstić information content (AvgIpc) is 2.72. The number of allylic oxidation sites excluding steroid dienone is 1. The lowest BCUT2D eigenvalue weighted by Crippen LogP contribution is -2.05. The maximum Gasteiger partial charge on any atom is 0.345 e. The molecule has 0 aromatic heterocycles.